The van der Waals surface area contributed by atoms with Gasteiger partial charge >= 0.3 is 5.97 Å². The van der Waals surface area contributed by atoms with E-state index < -0.39 is 5.97 Å². The molecule has 0 atom stereocenters. The molecule has 0 unspecified atom stereocenters. The highest BCUT2D eigenvalue weighted by atomic mass is 32.2. The van der Waals surface area contributed by atoms with Crippen LogP contribution in [0.15, 0.2) is 23.1 Å². The minimum Gasteiger partial charge on any atom is -0.496 e. The molecular weight excluding hydrogens is 200 g/mol. The second kappa shape index (κ2) is 4.91. The molecule has 0 aliphatic rings. The third-order valence-corrected chi connectivity index (χ3v) is 2.56. The van der Waals surface area contributed by atoms with Gasteiger partial charge in [0, 0.05) is 4.90 Å². The number of carboxylic acid groups (broad SMARTS) is 1. The van der Waals surface area contributed by atoms with Gasteiger partial charge in [-0.2, -0.15) is 0 Å². The van der Waals surface area contributed by atoms with Crippen LogP contribution in [0.2, 0.25) is 0 Å². The largest absolute Gasteiger partial charge is 0.496 e. The second-order valence-corrected chi connectivity index (χ2v) is 3.61. The summed E-state index contributed by atoms with van der Waals surface area (Å²) in [6.45, 7) is 0. The maximum atomic E-state index is 10.5. The maximum absolute atomic E-state index is 10.5. The van der Waals surface area contributed by atoms with E-state index in [2.05, 4.69) is 0 Å². The Labute approximate surface area is 87.1 Å². The second-order valence-electron chi connectivity index (χ2n) is 2.76. The number of aliphatic carboxylic acids is 1. The fourth-order valence-corrected chi connectivity index (χ4v) is 1.79. The average molecular weight is 212 g/mol. The molecule has 14 heavy (non-hydrogen) atoms. The number of benzene rings is 1. The van der Waals surface area contributed by atoms with Crippen molar-refractivity contribution in [3.63, 3.8) is 0 Å². The molecule has 0 saturated heterocycles. The molecule has 0 saturated carbocycles. The van der Waals surface area contributed by atoms with Crippen LogP contribution in [-0.2, 0) is 11.2 Å². The molecular formula is C10H12O3S. The van der Waals surface area contributed by atoms with Crippen LogP contribution in [0, 0.1) is 0 Å². The van der Waals surface area contributed by atoms with Crippen LogP contribution in [0.3, 0.4) is 0 Å². The molecule has 0 aliphatic heterocycles. The van der Waals surface area contributed by atoms with Gasteiger partial charge in [-0.3, -0.25) is 4.79 Å². The average Bonchev–Trinajstić information content (AvgIpc) is 2.16. The maximum Gasteiger partial charge on any atom is 0.307 e. The van der Waals surface area contributed by atoms with Gasteiger partial charge in [0.15, 0.2) is 0 Å². The number of thioether (sulfide) groups is 1. The summed E-state index contributed by atoms with van der Waals surface area (Å²) in [5, 5.41) is 8.62. The van der Waals surface area contributed by atoms with Crippen molar-refractivity contribution < 1.29 is 14.6 Å². The van der Waals surface area contributed by atoms with Crippen molar-refractivity contribution in [2.45, 2.75) is 11.3 Å². The Kier molecular flexibility index (Phi) is 3.83. The number of hydrogen-bond donors (Lipinski definition) is 1. The first-order valence-electron chi connectivity index (χ1n) is 4.10. The van der Waals surface area contributed by atoms with Crippen molar-refractivity contribution in [2.75, 3.05) is 13.4 Å². The Morgan fingerprint density at radius 3 is 2.79 bits per heavy atom. The van der Waals surface area contributed by atoms with Gasteiger partial charge < -0.3 is 9.84 Å². The minimum atomic E-state index is -0.817. The number of carbonyl (C=O) groups is 1. The predicted octanol–water partition coefficient (Wildman–Crippen LogP) is 2.04. The van der Waals surface area contributed by atoms with Crippen LogP contribution in [0.4, 0.5) is 0 Å². The van der Waals surface area contributed by atoms with E-state index in [9.17, 15) is 4.79 Å². The van der Waals surface area contributed by atoms with E-state index in [0.717, 1.165) is 16.2 Å². The SMILES string of the molecule is COc1ccc(CC(=O)O)cc1SC. The van der Waals surface area contributed by atoms with Gasteiger partial charge in [-0.05, 0) is 24.0 Å². The van der Waals surface area contributed by atoms with Gasteiger partial charge in [-0.15, -0.1) is 11.8 Å². The minimum absolute atomic E-state index is 0.0531. The summed E-state index contributed by atoms with van der Waals surface area (Å²) >= 11 is 1.54. The first-order valence-corrected chi connectivity index (χ1v) is 5.32. The lowest BCUT2D eigenvalue weighted by atomic mass is 10.1. The van der Waals surface area contributed by atoms with Crippen LogP contribution in [0.1, 0.15) is 5.56 Å². The Morgan fingerprint density at radius 2 is 2.29 bits per heavy atom. The van der Waals surface area contributed by atoms with E-state index in [-0.39, 0.29) is 6.42 Å². The summed E-state index contributed by atoms with van der Waals surface area (Å²) in [5.41, 5.74) is 0.794. The standard InChI is InChI=1S/C10H12O3S/c1-13-8-4-3-7(6-10(11)12)5-9(8)14-2/h3-5H,6H2,1-2H3,(H,11,12). The Hall–Kier alpha value is -1.16. The topological polar surface area (TPSA) is 46.5 Å². The molecule has 1 rings (SSSR count). The van der Waals surface area contributed by atoms with Crippen molar-refractivity contribution in [2.24, 2.45) is 0 Å². The lowest BCUT2D eigenvalue weighted by Crippen LogP contribution is -2.00. The van der Waals surface area contributed by atoms with E-state index in [1.54, 1.807) is 31.0 Å². The van der Waals surface area contributed by atoms with Crippen molar-refractivity contribution in [3.05, 3.63) is 23.8 Å². The van der Waals surface area contributed by atoms with E-state index in [1.165, 1.54) is 0 Å². The lowest BCUT2D eigenvalue weighted by molar-refractivity contribution is -0.136. The van der Waals surface area contributed by atoms with Gasteiger partial charge in [0.1, 0.15) is 5.75 Å². The molecule has 1 aromatic rings. The molecule has 3 nitrogen and oxygen atoms in total. The lowest BCUT2D eigenvalue weighted by Gasteiger charge is -2.07. The zero-order chi connectivity index (χ0) is 10.6. The Balaban J connectivity index is 2.95. The zero-order valence-electron chi connectivity index (χ0n) is 8.11. The molecule has 0 aromatic heterocycles. The van der Waals surface area contributed by atoms with Crippen LogP contribution < -0.4 is 4.74 Å². The number of carboxylic acids is 1. The monoisotopic (exact) mass is 212 g/mol. The third kappa shape index (κ3) is 2.67. The molecule has 0 radical (unpaired) electrons. The molecule has 1 N–H and O–H groups in total. The molecule has 76 valence electrons. The number of hydrogen-bond acceptors (Lipinski definition) is 3. The third-order valence-electron chi connectivity index (χ3n) is 1.80. The van der Waals surface area contributed by atoms with Crippen LogP contribution in [0.25, 0.3) is 0 Å². The van der Waals surface area contributed by atoms with E-state index in [4.69, 9.17) is 9.84 Å². The van der Waals surface area contributed by atoms with Gasteiger partial charge in [0.05, 0.1) is 13.5 Å². The van der Waals surface area contributed by atoms with Crippen molar-refractivity contribution >= 4 is 17.7 Å². The molecule has 0 bridgehead atoms. The fourth-order valence-electron chi connectivity index (χ4n) is 1.17. The Morgan fingerprint density at radius 1 is 1.57 bits per heavy atom. The van der Waals surface area contributed by atoms with Gasteiger partial charge in [-0.25, -0.2) is 0 Å². The molecule has 0 spiro atoms. The van der Waals surface area contributed by atoms with Crippen molar-refractivity contribution in [3.8, 4) is 5.75 Å². The molecule has 0 aliphatic carbocycles. The number of ether oxygens (including phenoxy) is 1. The highest BCUT2D eigenvalue weighted by molar-refractivity contribution is 7.98. The van der Waals surface area contributed by atoms with Crippen molar-refractivity contribution in [1.82, 2.24) is 0 Å². The first kappa shape index (κ1) is 10.9. The fraction of sp³-hybridized carbons (Fsp3) is 0.300. The quantitative estimate of drug-likeness (QED) is 0.776. The molecule has 1 aromatic carbocycles. The molecule has 0 heterocycles. The van der Waals surface area contributed by atoms with E-state index in [0.29, 0.717) is 0 Å². The Bertz CT molecular complexity index is 336. The number of methoxy groups -OCH3 is 1. The smallest absolute Gasteiger partial charge is 0.307 e. The summed E-state index contributed by atoms with van der Waals surface area (Å²) < 4.78 is 5.13. The van der Waals surface area contributed by atoms with Gasteiger partial charge in [-0.1, -0.05) is 6.07 Å². The highest BCUT2D eigenvalue weighted by Gasteiger charge is 2.05. The van der Waals surface area contributed by atoms with Crippen LogP contribution in [0.5, 0.6) is 5.75 Å². The highest BCUT2D eigenvalue weighted by Crippen LogP contribution is 2.28. The van der Waals surface area contributed by atoms with Crippen LogP contribution in [-0.4, -0.2) is 24.4 Å². The molecule has 0 fully saturated rings. The summed E-state index contributed by atoms with van der Waals surface area (Å²) in [6.07, 6.45) is 1.99. The van der Waals surface area contributed by atoms with E-state index in [1.807, 2.05) is 12.3 Å². The summed E-state index contributed by atoms with van der Waals surface area (Å²) in [5.74, 6) is -0.0335. The van der Waals surface area contributed by atoms with Gasteiger partial charge in [0.25, 0.3) is 0 Å². The normalized spacial score (nSPS) is 9.86. The summed E-state index contributed by atoms with van der Waals surface area (Å²) in [6, 6.07) is 5.41. The van der Waals surface area contributed by atoms with Crippen LogP contribution >= 0.6 is 11.8 Å². The van der Waals surface area contributed by atoms with Gasteiger partial charge in [0.2, 0.25) is 0 Å². The molecule has 0 amide bonds. The van der Waals surface area contributed by atoms with Crippen molar-refractivity contribution in [1.29, 1.82) is 0 Å². The number of rotatable bonds is 4. The summed E-state index contributed by atoms with van der Waals surface area (Å²) in [7, 11) is 1.60. The predicted molar refractivity (Wildman–Crippen MR) is 56.1 cm³/mol. The van der Waals surface area contributed by atoms with E-state index >= 15 is 0 Å². The zero-order valence-corrected chi connectivity index (χ0v) is 8.93. The molecule has 4 heteroatoms. The first-order chi connectivity index (χ1) is 6.67. The summed E-state index contributed by atoms with van der Waals surface area (Å²) in [4.78, 5) is 11.4.